The Hall–Kier alpha value is -1.53. The molecule has 0 saturated heterocycles. The Morgan fingerprint density at radius 3 is 1.38 bits per heavy atom. The first-order valence-electron chi connectivity index (χ1n) is 8.13. The lowest BCUT2D eigenvalue weighted by Gasteiger charge is -2.42. The molecule has 0 spiro atoms. The SMILES string of the molecule is FC(F)(F)C(F)(F)C(F)(F)C(F)(F)C(F)(F)C(F)(F)C(F)(F)C(F)(F)CCOCc1ccsc1. The summed E-state index contributed by atoms with van der Waals surface area (Å²) in [6.07, 6.45) is -10.4. The first kappa shape index (κ1) is 30.5. The summed E-state index contributed by atoms with van der Waals surface area (Å²) in [6, 6.07) is 1.31. The minimum absolute atomic E-state index is 0.240. The van der Waals surface area contributed by atoms with Crippen LogP contribution in [0.4, 0.5) is 74.6 Å². The van der Waals surface area contributed by atoms with E-state index >= 15 is 0 Å². The van der Waals surface area contributed by atoms with E-state index in [1.807, 2.05) is 0 Å². The summed E-state index contributed by atoms with van der Waals surface area (Å²) in [5.74, 6) is -56.2. The Morgan fingerprint density at radius 2 is 1.00 bits per heavy atom. The maximum atomic E-state index is 13.6. The fraction of sp³-hybridized carbons (Fsp3) is 0.733. The van der Waals surface area contributed by atoms with Gasteiger partial charge in [-0.05, 0) is 22.4 Å². The second-order valence-electron chi connectivity index (χ2n) is 6.58. The second-order valence-corrected chi connectivity index (χ2v) is 7.36. The lowest BCUT2D eigenvalue weighted by atomic mass is 9.88. The summed E-state index contributed by atoms with van der Waals surface area (Å²) < 4.78 is 227. The molecule has 0 bridgehead atoms. The number of hydrogen-bond acceptors (Lipinski definition) is 2. The maximum Gasteiger partial charge on any atom is 0.460 e. The smallest absolute Gasteiger partial charge is 0.377 e. The molecule has 1 nitrogen and oxygen atoms in total. The number of hydrogen-bond donors (Lipinski definition) is 0. The van der Waals surface area contributed by atoms with Gasteiger partial charge in [0.15, 0.2) is 0 Å². The van der Waals surface area contributed by atoms with Crippen molar-refractivity contribution in [3.8, 4) is 0 Å². The molecule has 1 heterocycles. The summed E-state index contributed by atoms with van der Waals surface area (Å²) in [6.45, 7) is -2.21. The summed E-state index contributed by atoms with van der Waals surface area (Å²) in [5.41, 5.74) is 0.240. The van der Waals surface area contributed by atoms with Gasteiger partial charge in [-0.25, -0.2) is 0 Å². The molecule has 0 aromatic carbocycles. The van der Waals surface area contributed by atoms with E-state index in [-0.39, 0.29) is 5.56 Å². The first-order chi connectivity index (χ1) is 14.8. The molecule has 19 heteroatoms. The highest BCUT2D eigenvalue weighted by Crippen LogP contribution is 2.64. The van der Waals surface area contributed by atoms with Gasteiger partial charge < -0.3 is 4.74 Å². The van der Waals surface area contributed by atoms with Crippen LogP contribution in [-0.4, -0.2) is 54.2 Å². The Balaban J connectivity index is 3.28. The molecule has 0 unspecified atom stereocenters. The summed E-state index contributed by atoms with van der Waals surface area (Å²) in [7, 11) is 0. The molecule has 0 amide bonds. The van der Waals surface area contributed by atoms with E-state index in [2.05, 4.69) is 4.74 Å². The third kappa shape index (κ3) is 4.53. The predicted octanol–water partition coefficient (Wildman–Crippen LogP) is 7.66. The fourth-order valence-electron chi connectivity index (χ4n) is 2.12. The van der Waals surface area contributed by atoms with Crippen molar-refractivity contribution in [1.29, 1.82) is 0 Å². The number of thiophene rings is 1. The lowest BCUT2D eigenvalue weighted by Crippen LogP contribution is -2.74. The van der Waals surface area contributed by atoms with Gasteiger partial charge in [-0.15, -0.1) is 0 Å². The van der Waals surface area contributed by atoms with Gasteiger partial charge in [0.1, 0.15) is 0 Å². The molecule has 1 aromatic heterocycles. The molecule has 200 valence electrons. The number of ether oxygens (including phenoxy) is 1. The zero-order valence-corrected chi connectivity index (χ0v) is 16.4. The van der Waals surface area contributed by atoms with Crippen molar-refractivity contribution in [3.63, 3.8) is 0 Å². The van der Waals surface area contributed by atoms with Crippen molar-refractivity contribution < 1.29 is 79.4 Å². The van der Waals surface area contributed by atoms with Crippen molar-refractivity contribution in [3.05, 3.63) is 22.4 Å². The third-order valence-electron chi connectivity index (χ3n) is 4.20. The average molecular weight is 560 g/mol. The third-order valence-corrected chi connectivity index (χ3v) is 4.93. The quantitative estimate of drug-likeness (QED) is 0.200. The molecule has 0 aliphatic carbocycles. The molecule has 0 aliphatic heterocycles. The monoisotopic (exact) mass is 560 g/mol. The second kappa shape index (κ2) is 8.85. The van der Waals surface area contributed by atoms with Crippen LogP contribution < -0.4 is 0 Å². The van der Waals surface area contributed by atoms with Gasteiger partial charge in [-0.3, -0.25) is 0 Å². The van der Waals surface area contributed by atoms with E-state index in [4.69, 9.17) is 0 Å². The molecule has 0 radical (unpaired) electrons. The summed E-state index contributed by atoms with van der Waals surface area (Å²) >= 11 is 1.03. The molecule has 0 fully saturated rings. The molecule has 0 N–H and O–H groups in total. The summed E-state index contributed by atoms with van der Waals surface area (Å²) in [5, 5.41) is 2.75. The number of alkyl halides is 17. The van der Waals surface area contributed by atoms with Gasteiger partial charge >= 0.3 is 47.6 Å². The van der Waals surface area contributed by atoms with Crippen molar-refractivity contribution >= 4 is 11.3 Å². The standard InChI is InChI=1S/C15H9F17OS/c16-8(17,2-3-33-5-7-1-4-34-6-7)9(18,19)10(20,21)11(22,23)12(24,25)13(26,27)14(28,29)15(30,31)32/h1,4,6H,2-3,5H2. The highest BCUT2D eigenvalue weighted by Gasteiger charge is 2.95. The fourth-order valence-corrected chi connectivity index (χ4v) is 2.77. The van der Waals surface area contributed by atoms with Crippen LogP contribution in [0.1, 0.15) is 12.0 Å². The van der Waals surface area contributed by atoms with E-state index in [1.165, 1.54) is 16.8 Å². The molecule has 1 aromatic rings. The van der Waals surface area contributed by atoms with E-state index in [1.54, 1.807) is 0 Å². The average Bonchev–Trinajstić information content (AvgIpc) is 3.16. The first-order valence-corrected chi connectivity index (χ1v) is 9.07. The predicted molar refractivity (Wildman–Crippen MR) is 79.3 cm³/mol. The molecule has 0 atom stereocenters. The molecular weight excluding hydrogens is 551 g/mol. The highest BCUT2D eigenvalue weighted by molar-refractivity contribution is 7.07. The van der Waals surface area contributed by atoms with Gasteiger partial charge in [0, 0.05) is 6.42 Å². The van der Waals surface area contributed by atoms with Gasteiger partial charge in [0.2, 0.25) is 0 Å². The van der Waals surface area contributed by atoms with Crippen LogP contribution in [0, 0.1) is 0 Å². The minimum atomic E-state index is -8.61. The van der Waals surface area contributed by atoms with Crippen LogP contribution in [0.25, 0.3) is 0 Å². The van der Waals surface area contributed by atoms with Crippen LogP contribution in [0.15, 0.2) is 16.8 Å². The topological polar surface area (TPSA) is 9.23 Å². The van der Waals surface area contributed by atoms with Crippen LogP contribution >= 0.6 is 11.3 Å². The van der Waals surface area contributed by atoms with E-state index in [9.17, 15) is 74.6 Å². The lowest BCUT2D eigenvalue weighted by molar-refractivity contribution is -0.462. The van der Waals surface area contributed by atoms with Gasteiger partial charge in [0.25, 0.3) is 0 Å². The Morgan fingerprint density at radius 1 is 0.588 bits per heavy atom. The Bertz CT molecular complexity index is 811. The van der Waals surface area contributed by atoms with Crippen molar-refractivity contribution in [2.45, 2.75) is 60.7 Å². The molecule has 34 heavy (non-hydrogen) atoms. The molecule has 0 saturated carbocycles. The van der Waals surface area contributed by atoms with Gasteiger partial charge in [-0.1, -0.05) is 0 Å². The van der Waals surface area contributed by atoms with Gasteiger partial charge in [-0.2, -0.15) is 86.0 Å². The van der Waals surface area contributed by atoms with Gasteiger partial charge in [0.05, 0.1) is 13.2 Å². The molecule has 1 rings (SSSR count). The zero-order valence-electron chi connectivity index (χ0n) is 15.6. The molecule has 0 aliphatic rings. The van der Waals surface area contributed by atoms with Crippen LogP contribution in [0.5, 0.6) is 0 Å². The maximum absolute atomic E-state index is 13.6. The van der Waals surface area contributed by atoms with Crippen molar-refractivity contribution in [2.75, 3.05) is 6.61 Å². The van der Waals surface area contributed by atoms with Crippen LogP contribution in [-0.2, 0) is 11.3 Å². The minimum Gasteiger partial charge on any atom is -0.377 e. The Kier molecular flexibility index (Phi) is 7.94. The van der Waals surface area contributed by atoms with E-state index in [0.29, 0.717) is 0 Å². The number of rotatable bonds is 11. The Labute approximate surface area is 181 Å². The molecular formula is C15H9F17OS. The van der Waals surface area contributed by atoms with Crippen LogP contribution in [0.3, 0.4) is 0 Å². The highest BCUT2D eigenvalue weighted by atomic mass is 32.1. The zero-order chi connectivity index (χ0) is 27.2. The van der Waals surface area contributed by atoms with Crippen LogP contribution in [0.2, 0.25) is 0 Å². The van der Waals surface area contributed by atoms with E-state index < -0.39 is 67.3 Å². The van der Waals surface area contributed by atoms with Crippen molar-refractivity contribution in [1.82, 2.24) is 0 Å². The number of halogens is 17. The normalized spacial score (nSPS) is 15.7. The largest absolute Gasteiger partial charge is 0.460 e. The van der Waals surface area contributed by atoms with E-state index in [0.717, 1.165) is 11.3 Å². The van der Waals surface area contributed by atoms with Crippen molar-refractivity contribution in [2.24, 2.45) is 0 Å². The summed E-state index contributed by atoms with van der Waals surface area (Å²) in [4.78, 5) is 0.